The van der Waals surface area contributed by atoms with Gasteiger partial charge >= 0.3 is 0 Å². The van der Waals surface area contributed by atoms with Crippen molar-refractivity contribution in [2.24, 2.45) is 0 Å². The van der Waals surface area contributed by atoms with E-state index in [4.69, 9.17) is 9.47 Å². The van der Waals surface area contributed by atoms with Crippen molar-refractivity contribution < 1.29 is 14.3 Å². The molecule has 29 heavy (non-hydrogen) atoms. The van der Waals surface area contributed by atoms with Crippen LogP contribution in [0.25, 0.3) is 16.7 Å². The van der Waals surface area contributed by atoms with Crippen molar-refractivity contribution >= 4 is 22.6 Å². The van der Waals surface area contributed by atoms with Gasteiger partial charge in [0, 0.05) is 17.3 Å². The van der Waals surface area contributed by atoms with E-state index in [0.717, 1.165) is 22.5 Å². The van der Waals surface area contributed by atoms with Gasteiger partial charge in [-0.2, -0.15) is 0 Å². The third-order valence-electron chi connectivity index (χ3n) is 4.75. The van der Waals surface area contributed by atoms with E-state index in [2.05, 4.69) is 14.9 Å². The fourth-order valence-electron chi connectivity index (χ4n) is 3.35. The number of methoxy groups -OCH3 is 2. The molecule has 1 heterocycles. The number of hydrogen-bond acceptors (Lipinski definition) is 4. The fourth-order valence-corrected chi connectivity index (χ4v) is 3.35. The van der Waals surface area contributed by atoms with Gasteiger partial charge in [-0.1, -0.05) is 18.2 Å². The molecule has 0 saturated carbocycles. The lowest BCUT2D eigenvalue weighted by Crippen LogP contribution is -2.12. The van der Waals surface area contributed by atoms with E-state index in [1.54, 1.807) is 44.6 Å². The molecule has 0 aliphatic rings. The number of rotatable bonds is 5. The number of nitrogens with one attached hydrogen (secondary N) is 1. The minimum absolute atomic E-state index is 0.245. The molecule has 0 atom stereocenters. The highest BCUT2D eigenvalue weighted by Gasteiger charge is 2.15. The summed E-state index contributed by atoms with van der Waals surface area (Å²) in [5.74, 6) is 1.81. The monoisotopic (exact) mass is 387 g/mol. The second-order valence-electron chi connectivity index (χ2n) is 6.55. The topological polar surface area (TPSA) is 65.4 Å². The van der Waals surface area contributed by atoms with Crippen LogP contribution in [0.2, 0.25) is 0 Å². The Morgan fingerprint density at radius 3 is 2.48 bits per heavy atom. The molecule has 0 aliphatic heterocycles. The van der Waals surface area contributed by atoms with Crippen LogP contribution in [-0.4, -0.2) is 29.7 Å². The van der Waals surface area contributed by atoms with E-state index in [-0.39, 0.29) is 5.91 Å². The average molecular weight is 387 g/mol. The molecule has 1 N–H and O–H groups in total. The van der Waals surface area contributed by atoms with Gasteiger partial charge in [-0.25, -0.2) is 4.98 Å². The number of fused-ring (bicyclic) bond motifs is 1. The molecule has 0 spiro atoms. The van der Waals surface area contributed by atoms with Crippen LogP contribution in [0.3, 0.4) is 0 Å². The van der Waals surface area contributed by atoms with Crippen LogP contribution in [0.15, 0.2) is 66.7 Å². The zero-order valence-corrected chi connectivity index (χ0v) is 16.5. The Hall–Kier alpha value is -3.80. The number of imidazole rings is 1. The molecular formula is C23H21N3O3. The standard InChI is InChI=1S/C23H21N3O3/c1-15-24-19-13-16(9-11-21(19)26(15)17-7-5-4-6-8-17)23(27)25-20-14-18(28-2)10-12-22(20)29-3/h4-14H,1-3H3,(H,25,27). The highest BCUT2D eigenvalue weighted by molar-refractivity contribution is 6.06. The molecule has 6 heteroatoms. The minimum Gasteiger partial charge on any atom is -0.497 e. The van der Waals surface area contributed by atoms with Crippen LogP contribution in [0.4, 0.5) is 5.69 Å². The van der Waals surface area contributed by atoms with Crippen molar-refractivity contribution in [2.75, 3.05) is 19.5 Å². The lowest BCUT2D eigenvalue weighted by atomic mass is 10.1. The molecule has 3 aromatic carbocycles. The predicted octanol–water partition coefficient (Wildman–Crippen LogP) is 4.60. The van der Waals surface area contributed by atoms with Crippen molar-refractivity contribution in [3.8, 4) is 17.2 Å². The molecule has 1 aromatic heterocycles. The second kappa shape index (κ2) is 7.67. The van der Waals surface area contributed by atoms with Gasteiger partial charge in [-0.15, -0.1) is 0 Å². The summed E-state index contributed by atoms with van der Waals surface area (Å²) < 4.78 is 12.6. The van der Waals surface area contributed by atoms with Gasteiger partial charge in [-0.05, 0) is 49.4 Å². The molecule has 0 radical (unpaired) electrons. The van der Waals surface area contributed by atoms with Crippen LogP contribution in [-0.2, 0) is 0 Å². The van der Waals surface area contributed by atoms with E-state index in [1.165, 1.54) is 0 Å². The summed E-state index contributed by atoms with van der Waals surface area (Å²) in [6.45, 7) is 1.95. The van der Waals surface area contributed by atoms with Gasteiger partial charge in [-0.3, -0.25) is 9.36 Å². The molecular weight excluding hydrogens is 366 g/mol. The highest BCUT2D eigenvalue weighted by Crippen LogP contribution is 2.30. The fraction of sp³-hybridized carbons (Fsp3) is 0.130. The maximum Gasteiger partial charge on any atom is 0.255 e. The highest BCUT2D eigenvalue weighted by atomic mass is 16.5. The van der Waals surface area contributed by atoms with Gasteiger partial charge in [0.25, 0.3) is 5.91 Å². The van der Waals surface area contributed by atoms with Crippen molar-refractivity contribution in [1.29, 1.82) is 0 Å². The summed E-state index contributed by atoms with van der Waals surface area (Å²) in [6.07, 6.45) is 0. The first-order valence-corrected chi connectivity index (χ1v) is 9.18. The van der Waals surface area contributed by atoms with Crippen LogP contribution in [0, 0.1) is 6.92 Å². The van der Waals surface area contributed by atoms with Crippen LogP contribution in [0.5, 0.6) is 11.5 Å². The molecule has 4 rings (SSSR count). The predicted molar refractivity (Wildman–Crippen MR) is 113 cm³/mol. The molecule has 6 nitrogen and oxygen atoms in total. The van der Waals surface area contributed by atoms with Crippen molar-refractivity contribution in [2.45, 2.75) is 6.92 Å². The van der Waals surface area contributed by atoms with Gasteiger partial charge < -0.3 is 14.8 Å². The molecule has 0 fully saturated rings. The van der Waals surface area contributed by atoms with Crippen molar-refractivity contribution in [3.05, 3.63) is 78.1 Å². The Labute approximate surface area is 168 Å². The minimum atomic E-state index is -0.245. The third-order valence-corrected chi connectivity index (χ3v) is 4.75. The Bertz CT molecular complexity index is 1180. The van der Waals surface area contributed by atoms with Gasteiger partial charge in [0.2, 0.25) is 0 Å². The van der Waals surface area contributed by atoms with Crippen LogP contribution in [0.1, 0.15) is 16.2 Å². The van der Waals surface area contributed by atoms with E-state index in [9.17, 15) is 4.79 Å². The molecule has 0 aliphatic carbocycles. The number of carbonyl (C=O) groups excluding carboxylic acids is 1. The first kappa shape index (κ1) is 18.6. The second-order valence-corrected chi connectivity index (χ2v) is 6.55. The number of benzene rings is 3. The molecule has 1 amide bonds. The summed E-state index contributed by atoms with van der Waals surface area (Å²) in [4.78, 5) is 17.5. The molecule has 0 saturated heterocycles. The SMILES string of the molecule is COc1ccc(OC)c(NC(=O)c2ccc3c(c2)nc(C)n3-c2ccccc2)c1. The Balaban J connectivity index is 1.68. The number of amides is 1. The number of carbonyl (C=O) groups is 1. The van der Waals surface area contributed by atoms with Gasteiger partial charge in [0.05, 0.1) is 30.9 Å². The molecule has 0 unspecified atom stereocenters. The largest absolute Gasteiger partial charge is 0.497 e. The molecule has 4 aromatic rings. The number of para-hydroxylation sites is 1. The number of aromatic nitrogens is 2. The summed E-state index contributed by atoms with van der Waals surface area (Å²) in [6, 6.07) is 20.8. The molecule has 0 bridgehead atoms. The van der Waals surface area contributed by atoms with Crippen LogP contribution < -0.4 is 14.8 Å². The van der Waals surface area contributed by atoms with Crippen LogP contribution >= 0.6 is 0 Å². The van der Waals surface area contributed by atoms with E-state index in [1.807, 2.05) is 43.3 Å². The summed E-state index contributed by atoms with van der Waals surface area (Å²) in [5, 5.41) is 2.89. The normalized spacial score (nSPS) is 10.7. The van der Waals surface area contributed by atoms with E-state index < -0.39 is 0 Å². The summed E-state index contributed by atoms with van der Waals surface area (Å²) in [7, 11) is 3.13. The summed E-state index contributed by atoms with van der Waals surface area (Å²) in [5.41, 5.74) is 3.80. The smallest absolute Gasteiger partial charge is 0.255 e. The lowest BCUT2D eigenvalue weighted by molar-refractivity contribution is 0.102. The number of ether oxygens (including phenoxy) is 2. The first-order valence-electron chi connectivity index (χ1n) is 9.18. The third kappa shape index (κ3) is 3.52. The lowest BCUT2D eigenvalue weighted by Gasteiger charge is -2.12. The average Bonchev–Trinajstić information content (AvgIpc) is 3.09. The zero-order valence-electron chi connectivity index (χ0n) is 16.5. The first-order chi connectivity index (χ1) is 14.1. The zero-order chi connectivity index (χ0) is 20.4. The molecule has 146 valence electrons. The Morgan fingerprint density at radius 1 is 0.966 bits per heavy atom. The van der Waals surface area contributed by atoms with Gasteiger partial charge in [0.1, 0.15) is 17.3 Å². The van der Waals surface area contributed by atoms with E-state index >= 15 is 0 Å². The van der Waals surface area contributed by atoms with E-state index in [0.29, 0.717) is 22.7 Å². The number of hydrogen-bond donors (Lipinski definition) is 1. The number of nitrogens with zero attached hydrogens (tertiary/aromatic N) is 2. The van der Waals surface area contributed by atoms with Crippen molar-refractivity contribution in [1.82, 2.24) is 9.55 Å². The maximum atomic E-state index is 12.8. The number of aryl methyl sites for hydroxylation is 1. The summed E-state index contributed by atoms with van der Waals surface area (Å²) >= 11 is 0. The quantitative estimate of drug-likeness (QED) is 0.543. The van der Waals surface area contributed by atoms with Crippen molar-refractivity contribution in [3.63, 3.8) is 0 Å². The Kier molecular flexibility index (Phi) is 4.91. The Morgan fingerprint density at radius 2 is 1.76 bits per heavy atom. The maximum absolute atomic E-state index is 12.8. The number of anilines is 1. The van der Waals surface area contributed by atoms with Gasteiger partial charge in [0.15, 0.2) is 0 Å².